The predicted molar refractivity (Wildman–Crippen MR) is 82.7 cm³/mol. The minimum Gasteiger partial charge on any atom is -0.299 e. The van der Waals surface area contributed by atoms with Gasteiger partial charge in [0.1, 0.15) is 5.78 Å². The van der Waals surface area contributed by atoms with Crippen LogP contribution in [0.5, 0.6) is 0 Å². The van der Waals surface area contributed by atoms with Gasteiger partial charge in [-0.1, -0.05) is 24.3 Å². The average Bonchev–Trinajstić information content (AvgIpc) is 2.84. The van der Waals surface area contributed by atoms with Crippen LogP contribution in [0.4, 0.5) is 0 Å². The van der Waals surface area contributed by atoms with Crippen LogP contribution >= 0.6 is 27.3 Å². The molecule has 1 aliphatic carbocycles. The number of carbonyl (C=O) groups excluding carboxylic acids is 1. The van der Waals surface area contributed by atoms with E-state index in [2.05, 4.69) is 40.2 Å². The Morgan fingerprint density at radius 2 is 2.05 bits per heavy atom. The van der Waals surface area contributed by atoms with Crippen LogP contribution in [0.15, 0.2) is 40.2 Å². The van der Waals surface area contributed by atoms with Crippen LogP contribution in [-0.2, 0) is 24.1 Å². The van der Waals surface area contributed by atoms with E-state index in [0.29, 0.717) is 12.2 Å². The van der Waals surface area contributed by atoms with E-state index in [1.807, 2.05) is 11.4 Å². The van der Waals surface area contributed by atoms with Crippen molar-refractivity contribution in [1.29, 1.82) is 0 Å². The number of Topliss-reactive ketones (excluding diaryl/α,β-unsaturated/α-hetero) is 1. The summed E-state index contributed by atoms with van der Waals surface area (Å²) in [4.78, 5) is 13.6. The molecule has 0 aliphatic heterocycles. The Hall–Kier alpha value is -0.930. The minimum absolute atomic E-state index is 0.198. The number of benzene rings is 1. The van der Waals surface area contributed by atoms with Crippen molar-refractivity contribution in [3.05, 3.63) is 56.2 Å². The minimum atomic E-state index is 0.198. The van der Waals surface area contributed by atoms with Gasteiger partial charge in [0.15, 0.2) is 0 Å². The Bertz CT molecular complexity index is 602. The lowest BCUT2D eigenvalue weighted by molar-refractivity contribution is -0.122. The van der Waals surface area contributed by atoms with E-state index in [-0.39, 0.29) is 5.92 Å². The van der Waals surface area contributed by atoms with Crippen molar-refractivity contribution >= 4 is 33.0 Å². The highest BCUT2D eigenvalue weighted by atomic mass is 79.9. The molecule has 1 unspecified atom stereocenters. The van der Waals surface area contributed by atoms with Gasteiger partial charge in [-0.05, 0) is 57.8 Å². The third-order valence-electron chi connectivity index (χ3n) is 3.83. The molecule has 0 fully saturated rings. The van der Waals surface area contributed by atoms with Crippen LogP contribution in [0.25, 0.3) is 0 Å². The summed E-state index contributed by atoms with van der Waals surface area (Å²) in [6.07, 6.45) is 3.53. The SMILES string of the molecule is O=C(Cc1sccc1Br)C1CCc2ccccc2C1. The lowest BCUT2D eigenvalue weighted by Gasteiger charge is -2.23. The van der Waals surface area contributed by atoms with E-state index in [1.54, 1.807) is 11.3 Å². The molecular weight excluding hydrogens is 320 g/mol. The van der Waals surface area contributed by atoms with Gasteiger partial charge in [0.2, 0.25) is 0 Å². The molecule has 2 aromatic rings. The number of carbonyl (C=O) groups is 1. The summed E-state index contributed by atoms with van der Waals surface area (Å²) in [5.74, 6) is 0.585. The van der Waals surface area contributed by atoms with Crippen molar-refractivity contribution in [2.45, 2.75) is 25.7 Å². The van der Waals surface area contributed by atoms with Crippen molar-refractivity contribution in [3.8, 4) is 0 Å². The third-order valence-corrected chi connectivity index (χ3v) is 5.75. The first-order valence-corrected chi connectivity index (χ1v) is 8.22. The molecule has 0 spiro atoms. The first kappa shape index (κ1) is 13.1. The molecule has 1 nitrogen and oxygen atoms in total. The molecule has 0 bridgehead atoms. The monoisotopic (exact) mass is 334 g/mol. The van der Waals surface area contributed by atoms with Crippen LogP contribution in [0.1, 0.15) is 22.4 Å². The van der Waals surface area contributed by atoms with E-state index >= 15 is 0 Å². The molecule has 19 heavy (non-hydrogen) atoms. The molecule has 1 atom stereocenters. The first-order valence-electron chi connectivity index (χ1n) is 6.55. The zero-order valence-corrected chi connectivity index (χ0v) is 13.0. The molecule has 0 amide bonds. The topological polar surface area (TPSA) is 17.1 Å². The second-order valence-electron chi connectivity index (χ2n) is 5.04. The van der Waals surface area contributed by atoms with E-state index < -0.39 is 0 Å². The summed E-state index contributed by atoms with van der Waals surface area (Å²) in [7, 11) is 0. The Morgan fingerprint density at radius 1 is 1.26 bits per heavy atom. The van der Waals surface area contributed by atoms with Crippen LogP contribution in [-0.4, -0.2) is 5.78 Å². The molecule has 0 radical (unpaired) electrons. The number of rotatable bonds is 3. The Balaban J connectivity index is 1.71. The molecule has 1 aromatic heterocycles. The van der Waals surface area contributed by atoms with E-state index in [4.69, 9.17) is 0 Å². The summed E-state index contributed by atoms with van der Waals surface area (Å²) < 4.78 is 1.07. The van der Waals surface area contributed by atoms with Crippen molar-refractivity contribution < 1.29 is 4.79 Å². The third kappa shape index (κ3) is 2.82. The maximum absolute atomic E-state index is 12.4. The molecule has 98 valence electrons. The number of ketones is 1. The summed E-state index contributed by atoms with van der Waals surface area (Å²) in [5, 5.41) is 2.03. The van der Waals surface area contributed by atoms with Gasteiger partial charge in [0.05, 0.1) is 0 Å². The summed E-state index contributed by atoms with van der Waals surface area (Å²) in [6, 6.07) is 10.5. The normalized spacial score (nSPS) is 18.1. The highest BCUT2D eigenvalue weighted by Gasteiger charge is 2.24. The Kier molecular flexibility index (Phi) is 3.85. The first-order chi connectivity index (χ1) is 9.24. The van der Waals surface area contributed by atoms with Crippen molar-refractivity contribution in [1.82, 2.24) is 0 Å². The molecule has 3 heteroatoms. The fraction of sp³-hybridized carbons (Fsp3) is 0.312. The van der Waals surface area contributed by atoms with Gasteiger partial charge in [-0.25, -0.2) is 0 Å². The lowest BCUT2D eigenvalue weighted by Crippen LogP contribution is -2.23. The zero-order chi connectivity index (χ0) is 13.2. The largest absolute Gasteiger partial charge is 0.299 e. The van der Waals surface area contributed by atoms with Gasteiger partial charge in [-0.3, -0.25) is 4.79 Å². The fourth-order valence-electron chi connectivity index (χ4n) is 2.73. The molecule has 1 aromatic carbocycles. The second kappa shape index (κ2) is 5.59. The van der Waals surface area contributed by atoms with E-state index in [1.165, 1.54) is 11.1 Å². The van der Waals surface area contributed by atoms with Gasteiger partial charge < -0.3 is 0 Å². The van der Waals surface area contributed by atoms with Gasteiger partial charge in [-0.15, -0.1) is 11.3 Å². The summed E-state index contributed by atoms with van der Waals surface area (Å²) >= 11 is 5.16. The van der Waals surface area contributed by atoms with Gasteiger partial charge in [0.25, 0.3) is 0 Å². The van der Waals surface area contributed by atoms with Gasteiger partial charge >= 0.3 is 0 Å². The summed E-state index contributed by atoms with van der Waals surface area (Å²) in [6.45, 7) is 0. The second-order valence-corrected chi connectivity index (χ2v) is 6.90. The molecular formula is C16H15BrOS. The predicted octanol–water partition coefficient (Wildman–Crippen LogP) is 4.43. The number of thiophene rings is 1. The van der Waals surface area contributed by atoms with Crippen LogP contribution in [0.3, 0.4) is 0 Å². The fourth-order valence-corrected chi connectivity index (χ4v) is 4.23. The van der Waals surface area contributed by atoms with Crippen molar-refractivity contribution in [2.24, 2.45) is 5.92 Å². The zero-order valence-electron chi connectivity index (χ0n) is 10.6. The highest BCUT2D eigenvalue weighted by molar-refractivity contribution is 9.10. The highest BCUT2D eigenvalue weighted by Crippen LogP contribution is 2.29. The van der Waals surface area contributed by atoms with Gasteiger partial charge in [-0.2, -0.15) is 0 Å². The lowest BCUT2D eigenvalue weighted by atomic mass is 9.81. The Morgan fingerprint density at radius 3 is 2.79 bits per heavy atom. The summed E-state index contributed by atoms with van der Waals surface area (Å²) in [5.41, 5.74) is 2.78. The number of hydrogen-bond donors (Lipinski definition) is 0. The van der Waals surface area contributed by atoms with Gasteiger partial charge in [0, 0.05) is 21.7 Å². The number of hydrogen-bond acceptors (Lipinski definition) is 2. The average molecular weight is 335 g/mol. The van der Waals surface area contributed by atoms with Crippen LogP contribution in [0.2, 0.25) is 0 Å². The van der Waals surface area contributed by atoms with E-state index in [9.17, 15) is 4.79 Å². The van der Waals surface area contributed by atoms with E-state index in [0.717, 1.165) is 28.6 Å². The van der Waals surface area contributed by atoms with Crippen LogP contribution in [0, 0.1) is 5.92 Å². The van der Waals surface area contributed by atoms with Crippen molar-refractivity contribution in [2.75, 3.05) is 0 Å². The molecule has 1 aliphatic rings. The van der Waals surface area contributed by atoms with Crippen molar-refractivity contribution in [3.63, 3.8) is 0 Å². The van der Waals surface area contributed by atoms with Crippen LogP contribution < -0.4 is 0 Å². The molecule has 0 saturated carbocycles. The number of aryl methyl sites for hydroxylation is 1. The smallest absolute Gasteiger partial charge is 0.141 e. The maximum atomic E-state index is 12.4. The standard InChI is InChI=1S/C16H15BrOS/c17-14-7-8-19-16(14)10-15(18)13-6-5-11-3-1-2-4-12(11)9-13/h1-4,7-8,13H,5-6,9-10H2. The molecule has 3 rings (SSSR count). The molecule has 0 N–H and O–H groups in total. The number of halogens is 1. The molecule has 1 heterocycles. The quantitative estimate of drug-likeness (QED) is 0.811. The molecule has 0 saturated heterocycles. The maximum Gasteiger partial charge on any atom is 0.141 e. The number of fused-ring (bicyclic) bond motifs is 1. The Labute approximate surface area is 125 Å².